The van der Waals surface area contributed by atoms with Crippen LogP contribution >= 0.6 is 11.6 Å². The molecule has 0 radical (unpaired) electrons. The van der Waals surface area contributed by atoms with Crippen LogP contribution < -0.4 is 0 Å². The smallest absolute Gasteiger partial charge is 0.305 e. The lowest BCUT2D eigenvalue weighted by atomic mass is 10.1. The Morgan fingerprint density at radius 2 is 1.42 bits per heavy atom. The summed E-state index contributed by atoms with van der Waals surface area (Å²) >= 11 is 5.59. The van der Waals surface area contributed by atoms with Crippen LogP contribution in [-0.4, -0.2) is 18.5 Å². The first-order valence-corrected chi connectivity index (χ1v) is 8.56. The van der Waals surface area contributed by atoms with Gasteiger partial charge in [0.15, 0.2) is 0 Å². The van der Waals surface area contributed by atoms with E-state index >= 15 is 0 Å². The molecule has 0 heterocycles. The van der Waals surface area contributed by atoms with Gasteiger partial charge in [-0.15, -0.1) is 11.6 Å². The van der Waals surface area contributed by atoms with Gasteiger partial charge in [0.05, 0.1) is 6.61 Å². The van der Waals surface area contributed by atoms with Crippen LogP contribution in [0.1, 0.15) is 84.0 Å². The lowest BCUT2D eigenvalue weighted by Crippen LogP contribution is -2.05. The van der Waals surface area contributed by atoms with Crippen molar-refractivity contribution in [2.45, 2.75) is 84.0 Å². The van der Waals surface area contributed by atoms with E-state index in [1.807, 2.05) is 0 Å². The van der Waals surface area contributed by atoms with Crippen molar-refractivity contribution in [3.8, 4) is 0 Å². The van der Waals surface area contributed by atoms with Crippen LogP contribution in [0.4, 0.5) is 0 Å². The first-order chi connectivity index (χ1) is 9.31. The predicted octanol–water partition coefficient (Wildman–Crippen LogP) is 5.47. The van der Waals surface area contributed by atoms with Gasteiger partial charge in [-0.05, 0) is 19.3 Å². The Morgan fingerprint density at radius 1 is 0.842 bits per heavy atom. The number of carbonyl (C=O) groups excluding carboxylic acids is 1. The Hall–Kier alpha value is -0.240. The van der Waals surface area contributed by atoms with E-state index in [9.17, 15) is 4.79 Å². The third-order valence-electron chi connectivity index (χ3n) is 3.28. The van der Waals surface area contributed by atoms with Crippen LogP contribution in [0.2, 0.25) is 0 Å². The highest BCUT2D eigenvalue weighted by atomic mass is 35.5. The monoisotopic (exact) mass is 290 g/mol. The van der Waals surface area contributed by atoms with Gasteiger partial charge in [-0.25, -0.2) is 0 Å². The molecule has 0 spiro atoms. The molecule has 0 fully saturated rings. The number of hydrogen-bond donors (Lipinski definition) is 0. The molecule has 0 aromatic carbocycles. The van der Waals surface area contributed by atoms with E-state index in [1.54, 1.807) is 0 Å². The van der Waals surface area contributed by atoms with Gasteiger partial charge >= 0.3 is 5.97 Å². The van der Waals surface area contributed by atoms with Gasteiger partial charge in [0.1, 0.15) is 0 Å². The molecular weight excluding hydrogens is 260 g/mol. The van der Waals surface area contributed by atoms with Crippen LogP contribution in [0, 0.1) is 0 Å². The largest absolute Gasteiger partial charge is 0.466 e. The minimum Gasteiger partial charge on any atom is -0.466 e. The lowest BCUT2D eigenvalue weighted by Gasteiger charge is -2.04. The molecule has 0 aromatic rings. The molecule has 0 saturated heterocycles. The van der Waals surface area contributed by atoms with Crippen LogP contribution in [0.15, 0.2) is 0 Å². The van der Waals surface area contributed by atoms with Crippen molar-refractivity contribution in [3.63, 3.8) is 0 Å². The number of ether oxygens (including phenoxy) is 1. The van der Waals surface area contributed by atoms with E-state index in [4.69, 9.17) is 16.3 Å². The van der Waals surface area contributed by atoms with Crippen molar-refractivity contribution >= 4 is 17.6 Å². The second kappa shape index (κ2) is 15.8. The number of alkyl halides is 1. The van der Waals surface area contributed by atoms with Crippen molar-refractivity contribution < 1.29 is 9.53 Å². The molecule has 0 amide bonds. The Labute approximate surface area is 124 Å². The Bertz CT molecular complexity index is 195. The molecule has 0 saturated carbocycles. The van der Waals surface area contributed by atoms with Crippen molar-refractivity contribution in [1.29, 1.82) is 0 Å². The van der Waals surface area contributed by atoms with E-state index in [2.05, 4.69) is 6.92 Å². The van der Waals surface area contributed by atoms with Gasteiger partial charge in [0, 0.05) is 12.3 Å². The predicted molar refractivity (Wildman–Crippen MR) is 82.8 cm³/mol. The molecule has 0 aliphatic rings. The van der Waals surface area contributed by atoms with Gasteiger partial charge in [-0.2, -0.15) is 0 Å². The van der Waals surface area contributed by atoms with Crippen molar-refractivity contribution in [1.82, 2.24) is 0 Å². The zero-order chi connectivity index (χ0) is 14.2. The summed E-state index contributed by atoms with van der Waals surface area (Å²) in [6.07, 6.45) is 13.5. The summed E-state index contributed by atoms with van der Waals surface area (Å²) in [6.45, 7) is 2.81. The molecule has 0 rings (SSSR count). The fraction of sp³-hybridized carbons (Fsp3) is 0.938. The third-order valence-corrected chi connectivity index (χ3v) is 3.54. The SMILES string of the molecule is CCCCCCCCCC(=O)OCCCCCCCl. The normalized spacial score (nSPS) is 10.6. The number of rotatable bonds is 14. The molecular formula is C16H31ClO2. The summed E-state index contributed by atoms with van der Waals surface area (Å²) in [5.41, 5.74) is 0. The molecule has 0 aliphatic heterocycles. The summed E-state index contributed by atoms with van der Waals surface area (Å²) in [6, 6.07) is 0. The number of unbranched alkanes of at least 4 members (excludes halogenated alkanes) is 9. The number of esters is 1. The second-order valence-electron chi connectivity index (χ2n) is 5.19. The fourth-order valence-electron chi connectivity index (χ4n) is 2.03. The van der Waals surface area contributed by atoms with Crippen LogP contribution in [0.5, 0.6) is 0 Å². The number of carbonyl (C=O) groups is 1. The second-order valence-corrected chi connectivity index (χ2v) is 5.57. The van der Waals surface area contributed by atoms with Crippen molar-refractivity contribution in [2.75, 3.05) is 12.5 Å². The Kier molecular flexibility index (Phi) is 15.6. The van der Waals surface area contributed by atoms with Crippen molar-refractivity contribution in [2.24, 2.45) is 0 Å². The van der Waals surface area contributed by atoms with E-state index < -0.39 is 0 Å². The minimum absolute atomic E-state index is 0.0223. The van der Waals surface area contributed by atoms with Gasteiger partial charge in [0.2, 0.25) is 0 Å². The fourth-order valence-corrected chi connectivity index (χ4v) is 2.22. The highest BCUT2D eigenvalue weighted by molar-refractivity contribution is 6.17. The van der Waals surface area contributed by atoms with E-state index in [1.165, 1.54) is 32.1 Å². The highest BCUT2D eigenvalue weighted by Gasteiger charge is 2.02. The average molecular weight is 291 g/mol. The van der Waals surface area contributed by atoms with Gasteiger partial charge in [-0.1, -0.05) is 58.3 Å². The topological polar surface area (TPSA) is 26.3 Å². The number of halogens is 1. The summed E-state index contributed by atoms with van der Waals surface area (Å²) < 4.78 is 5.20. The van der Waals surface area contributed by atoms with E-state index in [0.29, 0.717) is 13.0 Å². The molecule has 0 N–H and O–H groups in total. The molecule has 0 atom stereocenters. The minimum atomic E-state index is -0.0223. The summed E-state index contributed by atoms with van der Waals surface area (Å²) in [5.74, 6) is 0.712. The molecule has 0 unspecified atom stereocenters. The van der Waals surface area contributed by atoms with Crippen LogP contribution in [0.25, 0.3) is 0 Å². The molecule has 114 valence electrons. The quantitative estimate of drug-likeness (QED) is 0.241. The molecule has 2 nitrogen and oxygen atoms in total. The maximum absolute atomic E-state index is 11.4. The first kappa shape index (κ1) is 18.8. The molecule has 3 heteroatoms. The van der Waals surface area contributed by atoms with Gasteiger partial charge in [0.25, 0.3) is 0 Å². The molecule has 0 aliphatic carbocycles. The summed E-state index contributed by atoms with van der Waals surface area (Å²) in [5, 5.41) is 0. The zero-order valence-electron chi connectivity index (χ0n) is 12.6. The summed E-state index contributed by atoms with van der Waals surface area (Å²) in [7, 11) is 0. The molecule has 19 heavy (non-hydrogen) atoms. The maximum atomic E-state index is 11.4. The van der Waals surface area contributed by atoms with Crippen molar-refractivity contribution in [3.05, 3.63) is 0 Å². The Balaban J connectivity index is 3.13. The van der Waals surface area contributed by atoms with Crippen LogP contribution in [0.3, 0.4) is 0 Å². The molecule has 0 aromatic heterocycles. The molecule has 0 bridgehead atoms. The standard InChI is InChI=1S/C16H31ClO2/c1-2-3-4-5-6-7-10-13-16(18)19-15-12-9-8-11-14-17/h2-15H2,1H3. The highest BCUT2D eigenvalue weighted by Crippen LogP contribution is 2.09. The van der Waals surface area contributed by atoms with Gasteiger partial charge < -0.3 is 4.74 Å². The number of hydrogen-bond acceptors (Lipinski definition) is 2. The third kappa shape index (κ3) is 15.7. The zero-order valence-corrected chi connectivity index (χ0v) is 13.3. The average Bonchev–Trinajstić information content (AvgIpc) is 2.41. The van der Waals surface area contributed by atoms with E-state index in [-0.39, 0.29) is 5.97 Å². The summed E-state index contributed by atoms with van der Waals surface area (Å²) in [4.78, 5) is 11.4. The lowest BCUT2D eigenvalue weighted by molar-refractivity contribution is -0.143. The first-order valence-electron chi connectivity index (χ1n) is 8.02. The van der Waals surface area contributed by atoms with Gasteiger partial charge in [-0.3, -0.25) is 4.79 Å². The van der Waals surface area contributed by atoms with E-state index in [0.717, 1.165) is 44.4 Å². The maximum Gasteiger partial charge on any atom is 0.305 e. The Morgan fingerprint density at radius 3 is 2.11 bits per heavy atom. The van der Waals surface area contributed by atoms with Crippen LogP contribution in [-0.2, 0) is 9.53 Å².